The Kier molecular flexibility index (Phi) is 4.49. The number of anilines is 1. The highest BCUT2D eigenvalue weighted by Crippen LogP contribution is 2.15. The Balaban J connectivity index is 2.88. The second-order valence-corrected chi connectivity index (χ2v) is 7.96. The molecule has 0 aromatic heterocycles. The Morgan fingerprint density at radius 1 is 1.26 bits per heavy atom. The summed E-state index contributed by atoms with van der Waals surface area (Å²) in [5.74, 6) is -1.89. The van der Waals surface area contributed by atoms with Gasteiger partial charge in [-0.25, -0.2) is 21.2 Å². The summed E-state index contributed by atoms with van der Waals surface area (Å²) in [6, 6.07) is 4.71. The Bertz CT molecular complexity index is 720. The van der Waals surface area contributed by atoms with Gasteiger partial charge >= 0.3 is 0 Å². The summed E-state index contributed by atoms with van der Waals surface area (Å²) in [7, 11) is -7.27. The van der Waals surface area contributed by atoms with E-state index in [9.17, 15) is 21.2 Å². The Morgan fingerprint density at radius 2 is 1.89 bits per heavy atom. The number of hydrogen-bond donors (Lipinski definition) is 1. The van der Waals surface area contributed by atoms with Crippen LogP contribution in [0.4, 0.5) is 10.1 Å². The largest absolute Gasteiger partial charge is 0.283 e. The van der Waals surface area contributed by atoms with Crippen LogP contribution in [0, 0.1) is 17.1 Å². The van der Waals surface area contributed by atoms with Crippen LogP contribution in [0.3, 0.4) is 0 Å². The average molecular weight is 306 g/mol. The molecule has 0 saturated carbocycles. The quantitative estimate of drug-likeness (QED) is 0.852. The third-order valence-electron chi connectivity index (χ3n) is 2.08. The molecular formula is C10H11FN2O4S2. The van der Waals surface area contributed by atoms with E-state index in [0.29, 0.717) is 0 Å². The molecule has 1 N–H and O–H groups in total. The molecule has 9 heteroatoms. The van der Waals surface area contributed by atoms with Crippen LogP contribution in [-0.4, -0.2) is 34.6 Å². The molecule has 0 fully saturated rings. The van der Waals surface area contributed by atoms with Gasteiger partial charge in [-0.15, -0.1) is 0 Å². The van der Waals surface area contributed by atoms with Crippen molar-refractivity contribution >= 4 is 25.5 Å². The smallest absolute Gasteiger partial charge is 0.233 e. The zero-order valence-electron chi connectivity index (χ0n) is 9.92. The second-order valence-electron chi connectivity index (χ2n) is 3.86. The fourth-order valence-electron chi connectivity index (χ4n) is 1.17. The standard InChI is InChI=1S/C10H11FN2O4S2/c1-18(14,15)4-5-19(16,17)13-9-2-3-10(11)8(6-9)7-12/h2-3,6,13H,4-5H2,1H3. The summed E-state index contributed by atoms with van der Waals surface area (Å²) >= 11 is 0. The normalized spacial score (nSPS) is 11.8. The first-order chi connectivity index (χ1) is 8.63. The second kappa shape index (κ2) is 5.54. The summed E-state index contributed by atoms with van der Waals surface area (Å²) in [6.45, 7) is 0. The molecule has 0 heterocycles. The van der Waals surface area contributed by atoms with Gasteiger partial charge in [0.05, 0.1) is 17.1 Å². The van der Waals surface area contributed by atoms with Crippen LogP contribution < -0.4 is 4.72 Å². The van der Waals surface area contributed by atoms with Gasteiger partial charge in [-0.3, -0.25) is 4.72 Å². The summed E-state index contributed by atoms with van der Waals surface area (Å²) in [5.41, 5.74) is -0.297. The SMILES string of the molecule is CS(=O)(=O)CCS(=O)(=O)Nc1ccc(F)c(C#N)c1. The Labute approximate surface area is 110 Å². The lowest BCUT2D eigenvalue weighted by molar-refractivity contribution is 0.593. The molecule has 0 aliphatic carbocycles. The molecule has 104 valence electrons. The van der Waals surface area contributed by atoms with Crippen LogP contribution in [0.5, 0.6) is 0 Å². The van der Waals surface area contributed by atoms with Crippen molar-refractivity contribution in [2.45, 2.75) is 0 Å². The molecule has 0 aliphatic rings. The number of nitrogens with one attached hydrogen (secondary N) is 1. The van der Waals surface area contributed by atoms with Crippen LogP contribution in [0.25, 0.3) is 0 Å². The highest BCUT2D eigenvalue weighted by molar-refractivity contribution is 7.95. The zero-order chi connectivity index (χ0) is 14.7. The number of nitriles is 1. The van der Waals surface area contributed by atoms with Crippen LogP contribution in [0.1, 0.15) is 5.56 Å². The summed E-state index contributed by atoms with van der Waals surface area (Å²) in [4.78, 5) is 0. The summed E-state index contributed by atoms with van der Waals surface area (Å²) in [5, 5.41) is 8.60. The number of sulfonamides is 1. The number of halogens is 1. The van der Waals surface area contributed by atoms with E-state index in [-0.39, 0.29) is 11.3 Å². The average Bonchev–Trinajstić information content (AvgIpc) is 2.28. The van der Waals surface area contributed by atoms with Crippen LogP contribution in [-0.2, 0) is 19.9 Å². The van der Waals surface area contributed by atoms with E-state index in [4.69, 9.17) is 5.26 Å². The van der Waals surface area contributed by atoms with E-state index in [1.807, 2.05) is 0 Å². The van der Waals surface area contributed by atoms with Gasteiger partial charge in [0.2, 0.25) is 10.0 Å². The number of hydrogen-bond acceptors (Lipinski definition) is 5. The van der Waals surface area contributed by atoms with Gasteiger partial charge in [-0.1, -0.05) is 0 Å². The zero-order valence-corrected chi connectivity index (χ0v) is 11.6. The van der Waals surface area contributed by atoms with Crippen molar-refractivity contribution < 1.29 is 21.2 Å². The lowest BCUT2D eigenvalue weighted by Crippen LogP contribution is -2.22. The lowest BCUT2D eigenvalue weighted by Gasteiger charge is -2.07. The molecule has 0 saturated heterocycles. The third-order valence-corrected chi connectivity index (χ3v) is 4.58. The first kappa shape index (κ1) is 15.4. The maximum Gasteiger partial charge on any atom is 0.233 e. The van der Waals surface area contributed by atoms with Crippen molar-refractivity contribution in [1.82, 2.24) is 0 Å². The topological polar surface area (TPSA) is 104 Å². The van der Waals surface area contributed by atoms with Crippen molar-refractivity contribution in [2.24, 2.45) is 0 Å². The molecule has 0 aliphatic heterocycles. The monoisotopic (exact) mass is 306 g/mol. The molecule has 0 bridgehead atoms. The number of benzene rings is 1. The number of sulfone groups is 1. The van der Waals surface area contributed by atoms with Gasteiger partial charge in [-0.05, 0) is 18.2 Å². The predicted octanol–water partition coefficient (Wildman–Crippen LogP) is 0.484. The van der Waals surface area contributed by atoms with E-state index in [1.165, 1.54) is 0 Å². The first-order valence-electron chi connectivity index (χ1n) is 5.01. The van der Waals surface area contributed by atoms with Crippen molar-refractivity contribution in [3.8, 4) is 6.07 Å². The van der Waals surface area contributed by atoms with Crippen molar-refractivity contribution in [2.75, 3.05) is 22.5 Å². The van der Waals surface area contributed by atoms with Crippen molar-refractivity contribution in [3.05, 3.63) is 29.6 Å². The van der Waals surface area contributed by atoms with Crippen LogP contribution >= 0.6 is 0 Å². The minimum Gasteiger partial charge on any atom is -0.283 e. The fraction of sp³-hybridized carbons (Fsp3) is 0.300. The molecule has 0 amide bonds. The molecule has 0 unspecified atom stereocenters. The molecule has 6 nitrogen and oxygen atoms in total. The Hall–Kier alpha value is -1.66. The van der Waals surface area contributed by atoms with Gasteiger partial charge in [0.25, 0.3) is 0 Å². The minimum atomic E-state index is -3.87. The molecule has 0 spiro atoms. The molecule has 1 aromatic rings. The van der Waals surface area contributed by atoms with E-state index in [1.54, 1.807) is 6.07 Å². The summed E-state index contributed by atoms with van der Waals surface area (Å²) in [6.07, 6.45) is 0.925. The molecular weight excluding hydrogens is 295 g/mol. The fourth-order valence-corrected chi connectivity index (χ4v) is 3.84. The third kappa shape index (κ3) is 5.23. The van der Waals surface area contributed by atoms with Gasteiger partial charge < -0.3 is 0 Å². The molecule has 19 heavy (non-hydrogen) atoms. The molecule has 0 radical (unpaired) electrons. The first-order valence-corrected chi connectivity index (χ1v) is 8.72. The van der Waals surface area contributed by atoms with E-state index >= 15 is 0 Å². The maximum absolute atomic E-state index is 13.0. The van der Waals surface area contributed by atoms with Gasteiger partial charge in [-0.2, -0.15) is 5.26 Å². The number of nitrogens with zero attached hydrogens (tertiary/aromatic N) is 1. The highest BCUT2D eigenvalue weighted by atomic mass is 32.2. The summed E-state index contributed by atoms with van der Waals surface area (Å²) < 4.78 is 60.1. The minimum absolute atomic E-state index is 0.00597. The predicted molar refractivity (Wildman–Crippen MR) is 68.2 cm³/mol. The van der Waals surface area contributed by atoms with Crippen LogP contribution in [0.15, 0.2) is 18.2 Å². The van der Waals surface area contributed by atoms with Crippen molar-refractivity contribution in [1.29, 1.82) is 5.26 Å². The Morgan fingerprint density at radius 3 is 2.42 bits per heavy atom. The van der Waals surface area contributed by atoms with Gasteiger partial charge in [0.15, 0.2) is 0 Å². The molecule has 0 atom stereocenters. The van der Waals surface area contributed by atoms with Crippen molar-refractivity contribution in [3.63, 3.8) is 0 Å². The lowest BCUT2D eigenvalue weighted by atomic mass is 10.2. The van der Waals surface area contributed by atoms with Gasteiger partial charge in [0.1, 0.15) is 21.7 Å². The maximum atomic E-state index is 13.0. The molecule has 1 aromatic carbocycles. The van der Waals surface area contributed by atoms with E-state index in [0.717, 1.165) is 24.5 Å². The van der Waals surface area contributed by atoms with E-state index in [2.05, 4.69) is 4.72 Å². The van der Waals surface area contributed by atoms with E-state index < -0.39 is 37.2 Å². The van der Waals surface area contributed by atoms with Gasteiger partial charge in [0, 0.05) is 11.9 Å². The number of rotatable bonds is 5. The highest BCUT2D eigenvalue weighted by Gasteiger charge is 2.15. The van der Waals surface area contributed by atoms with Crippen LogP contribution in [0.2, 0.25) is 0 Å². The molecule has 1 rings (SSSR count).